The van der Waals surface area contributed by atoms with E-state index in [9.17, 15) is 0 Å². The van der Waals surface area contributed by atoms with Gasteiger partial charge < -0.3 is 21.9 Å². The van der Waals surface area contributed by atoms with E-state index < -0.39 is 0 Å². The molecule has 0 aromatic rings. The Morgan fingerprint density at radius 3 is 2.55 bits per heavy atom. The highest BCUT2D eigenvalue weighted by molar-refractivity contribution is 4.77. The summed E-state index contributed by atoms with van der Waals surface area (Å²) < 4.78 is 0. The van der Waals surface area contributed by atoms with Crippen LogP contribution in [-0.2, 0) is 0 Å². The number of quaternary nitrogens is 1. The minimum absolute atomic E-state index is 0. The molecule has 66 valence electrons. The zero-order chi connectivity index (χ0) is 7.56. The van der Waals surface area contributed by atoms with Gasteiger partial charge in [-0.15, -0.1) is 0 Å². The van der Waals surface area contributed by atoms with Gasteiger partial charge in [0.15, 0.2) is 6.67 Å². The van der Waals surface area contributed by atoms with Crippen LogP contribution in [0.2, 0.25) is 0 Å². The quantitative estimate of drug-likeness (QED) is 0.519. The molecular weight excluding hydrogens is 204 g/mol. The van der Waals surface area contributed by atoms with Crippen molar-refractivity contribution in [3.05, 3.63) is 12.4 Å². The van der Waals surface area contributed by atoms with Crippen LogP contribution in [0.4, 0.5) is 0 Å². The second-order valence-electron chi connectivity index (χ2n) is 3.49. The molecule has 1 unspecified atom stereocenters. The first-order chi connectivity index (χ1) is 4.68. The molecule has 0 saturated heterocycles. The van der Waals surface area contributed by atoms with Crippen molar-refractivity contribution in [2.24, 2.45) is 5.92 Å². The van der Waals surface area contributed by atoms with E-state index in [4.69, 9.17) is 0 Å². The molecule has 0 spiro atoms. The summed E-state index contributed by atoms with van der Waals surface area (Å²) in [6, 6.07) is 0. The van der Waals surface area contributed by atoms with Crippen LogP contribution in [-0.4, -0.2) is 25.2 Å². The third kappa shape index (κ3) is 3.77. The molecule has 1 N–H and O–H groups in total. The van der Waals surface area contributed by atoms with Gasteiger partial charge in [-0.25, -0.2) is 0 Å². The Balaban J connectivity index is 0.000001000. The zero-order valence-corrected chi connectivity index (χ0v) is 9.06. The molecule has 3 heteroatoms. The van der Waals surface area contributed by atoms with Gasteiger partial charge in [0, 0.05) is 6.54 Å². The summed E-state index contributed by atoms with van der Waals surface area (Å²) in [5.74, 6) is 0.774. The van der Waals surface area contributed by atoms with E-state index in [0.29, 0.717) is 0 Å². The maximum absolute atomic E-state index is 2.36. The number of rotatable bonds is 2. The van der Waals surface area contributed by atoms with Crippen molar-refractivity contribution in [2.45, 2.75) is 13.8 Å². The molecule has 0 amide bonds. The molecule has 0 saturated carbocycles. The van der Waals surface area contributed by atoms with Gasteiger partial charge in [0.05, 0.1) is 13.2 Å². The lowest BCUT2D eigenvalue weighted by atomic mass is 10.2. The highest BCUT2D eigenvalue weighted by Gasteiger charge is 2.12. The van der Waals surface area contributed by atoms with E-state index in [-0.39, 0.29) is 17.0 Å². The number of hydrogen-bond donors (Lipinski definition) is 1. The molecule has 0 fully saturated rings. The molecule has 2 nitrogen and oxygen atoms in total. The molecule has 0 aromatic heterocycles. The van der Waals surface area contributed by atoms with E-state index in [2.05, 4.69) is 38.2 Å². The Labute approximate surface area is 79.6 Å². The van der Waals surface area contributed by atoms with Crippen molar-refractivity contribution in [1.82, 2.24) is 4.90 Å². The van der Waals surface area contributed by atoms with E-state index in [1.165, 1.54) is 11.4 Å². The molecule has 0 aromatic carbocycles. The van der Waals surface area contributed by atoms with Gasteiger partial charge in [-0.3, -0.25) is 4.90 Å². The maximum Gasteiger partial charge on any atom is 0.156 e. The highest BCUT2D eigenvalue weighted by atomic mass is 79.9. The van der Waals surface area contributed by atoms with Crippen molar-refractivity contribution in [1.29, 1.82) is 0 Å². The molecule has 0 aliphatic carbocycles. The zero-order valence-electron chi connectivity index (χ0n) is 7.47. The van der Waals surface area contributed by atoms with E-state index in [1.807, 2.05) is 0 Å². The minimum Gasteiger partial charge on any atom is -1.00 e. The Bertz CT molecular complexity index is 134. The van der Waals surface area contributed by atoms with Crippen molar-refractivity contribution in [2.75, 3.05) is 20.3 Å². The van der Waals surface area contributed by atoms with Crippen molar-refractivity contribution in [3.8, 4) is 0 Å². The fourth-order valence-electron chi connectivity index (χ4n) is 1.25. The lowest BCUT2D eigenvalue weighted by molar-refractivity contribution is -0.826. The predicted molar refractivity (Wildman–Crippen MR) is 42.4 cm³/mol. The standard InChI is InChI=1S/C8H16N2.BrH/c1-8(2)6-10-5-4-9(3)7-10;/h4-5,8H,6-7H2,1-3H3;1H. The lowest BCUT2D eigenvalue weighted by Crippen LogP contribution is -3.03. The van der Waals surface area contributed by atoms with Gasteiger partial charge in [0.1, 0.15) is 6.20 Å². The van der Waals surface area contributed by atoms with Crippen LogP contribution in [0.25, 0.3) is 0 Å². The molecule has 0 bridgehead atoms. The third-order valence-corrected chi connectivity index (χ3v) is 1.62. The molecular formula is C8H17BrN2. The number of nitrogens with zero attached hydrogens (tertiary/aromatic N) is 1. The van der Waals surface area contributed by atoms with Crippen LogP contribution in [0.3, 0.4) is 0 Å². The van der Waals surface area contributed by atoms with Gasteiger partial charge in [-0.2, -0.15) is 0 Å². The average molecular weight is 221 g/mol. The second-order valence-corrected chi connectivity index (χ2v) is 3.49. The second kappa shape index (κ2) is 4.78. The van der Waals surface area contributed by atoms with E-state index in [1.54, 1.807) is 0 Å². The largest absolute Gasteiger partial charge is 1.00 e. The Morgan fingerprint density at radius 1 is 1.55 bits per heavy atom. The fourth-order valence-corrected chi connectivity index (χ4v) is 1.25. The molecule has 0 radical (unpaired) electrons. The first kappa shape index (κ1) is 11.0. The molecule has 1 atom stereocenters. The monoisotopic (exact) mass is 220 g/mol. The SMILES string of the molecule is CC(C)CN1C=C[NH+](C)C1.[Br-]. The van der Waals surface area contributed by atoms with Crippen LogP contribution in [0.15, 0.2) is 12.4 Å². The number of halogens is 1. The first-order valence-electron chi connectivity index (χ1n) is 3.93. The lowest BCUT2D eigenvalue weighted by Gasteiger charge is -2.16. The summed E-state index contributed by atoms with van der Waals surface area (Å²) in [6.45, 7) is 6.83. The topological polar surface area (TPSA) is 7.68 Å². The summed E-state index contributed by atoms with van der Waals surface area (Å²) >= 11 is 0. The summed E-state index contributed by atoms with van der Waals surface area (Å²) in [4.78, 5) is 3.83. The number of hydrogen-bond acceptors (Lipinski definition) is 1. The van der Waals surface area contributed by atoms with Crippen LogP contribution in [0.5, 0.6) is 0 Å². The van der Waals surface area contributed by atoms with E-state index >= 15 is 0 Å². The molecule has 1 heterocycles. The van der Waals surface area contributed by atoms with Crippen LogP contribution < -0.4 is 21.9 Å². The van der Waals surface area contributed by atoms with Gasteiger partial charge in [0.25, 0.3) is 0 Å². The third-order valence-electron chi connectivity index (χ3n) is 1.62. The van der Waals surface area contributed by atoms with Gasteiger partial charge in [-0.1, -0.05) is 13.8 Å². The molecule has 11 heavy (non-hydrogen) atoms. The Hall–Kier alpha value is -0.0200. The summed E-state index contributed by atoms with van der Waals surface area (Å²) in [6.07, 6.45) is 4.39. The van der Waals surface area contributed by atoms with E-state index in [0.717, 1.165) is 12.6 Å². The van der Waals surface area contributed by atoms with Crippen LogP contribution in [0, 0.1) is 5.92 Å². The summed E-state index contributed by atoms with van der Waals surface area (Å²) in [7, 11) is 2.18. The molecule has 1 aliphatic rings. The summed E-state index contributed by atoms with van der Waals surface area (Å²) in [5, 5.41) is 0. The predicted octanol–water partition coefficient (Wildman–Crippen LogP) is -3.09. The van der Waals surface area contributed by atoms with Gasteiger partial charge in [-0.05, 0) is 5.92 Å². The average Bonchev–Trinajstić information content (AvgIpc) is 2.13. The van der Waals surface area contributed by atoms with Crippen molar-refractivity contribution < 1.29 is 21.9 Å². The Morgan fingerprint density at radius 2 is 2.18 bits per heavy atom. The van der Waals surface area contributed by atoms with Gasteiger partial charge >= 0.3 is 0 Å². The Kier molecular flexibility index (Phi) is 4.77. The van der Waals surface area contributed by atoms with Crippen molar-refractivity contribution in [3.63, 3.8) is 0 Å². The van der Waals surface area contributed by atoms with Crippen LogP contribution in [0.1, 0.15) is 13.8 Å². The maximum atomic E-state index is 2.36. The molecule has 1 rings (SSSR count). The smallest absolute Gasteiger partial charge is 0.156 e. The summed E-state index contributed by atoms with van der Waals surface area (Å²) in [5.41, 5.74) is 0. The minimum atomic E-state index is 0. The van der Waals surface area contributed by atoms with Gasteiger partial charge in [0.2, 0.25) is 0 Å². The normalized spacial score (nSPS) is 22.5. The highest BCUT2D eigenvalue weighted by Crippen LogP contribution is 1.98. The fraction of sp³-hybridized carbons (Fsp3) is 0.750. The molecule has 1 aliphatic heterocycles. The number of nitrogens with one attached hydrogen (secondary N) is 1. The van der Waals surface area contributed by atoms with Crippen molar-refractivity contribution >= 4 is 0 Å². The van der Waals surface area contributed by atoms with Crippen LogP contribution >= 0.6 is 0 Å². The first-order valence-corrected chi connectivity index (χ1v) is 3.93.